The van der Waals surface area contributed by atoms with Crippen LogP contribution in [-0.4, -0.2) is 61.5 Å². The monoisotopic (exact) mass is 445 g/mol. The van der Waals surface area contributed by atoms with Crippen molar-refractivity contribution in [3.8, 4) is 0 Å². The molecule has 0 amide bonds. The normalized spacial score (nSPS) is 27.2. The smallest absolute Gasteiger partial charge is 0.208 e. The van der Waals surface area contributed by atoms with E-state index in [9.17, 15) is 8.42 Å². The Balaban J connectivity index is 1.34. The number of rotatable bonds is 7. The van der Waals surface area contributed by atoms with Crippen molar-refractivity contribution in [1.29, 1.82) is 0 Å². The SMILES string of the molecule is CS(=O)(=O)NC1CCN(c2ccccn2)CC1COC1CCC(c2ccncn2)CC1. The van der Waals surface area contributed by atoms with Gasteiger partial charge in [-0.25, -0.2) is 28.1 Å². The number of anilines is 1. The van der Waals surface area contributed by atoms with Crippen LogP contribution in [0.25, 0.3) is 0 Å². The summed E-state index contributed by atoms with van der Waals surface area (Å²) in [6.45, 7) is 2.03. The van der Waals surface area contributed by atoms with Gasteiger partial charge >= 0.3 is 0 Å². The molecule has 2 atom stereocenters. The average Bonchev–Trinajstić information content (AvgIpc) is 2.79. The molecule has 4 rings (SSSR count). The number of piperidine rings is 1. The van der Waals surface area contributed by atoms with Gasteiger partial charge in [-0.05, 0) is 50.3 Å². The molecular weight excluding hydrogens is 414 g/mol. The Morgan fingerprint density at radius 1 is 1.10 bits per heavy atom. The number of pyridine rings is 1. The first-order valence-corrected chi connectivity index (χ1v) is 12.9. The van der Waals surface area contributed by atoms with E-state index in [4.69, 9.17) is 4.74 Å². The highest BCUT2D eigenvalue weighted by atomic mass is 32.2. The summed E-state index contributed by atoms with van der Waals surface area (Å²) in [7, 11) is -3.27. The molecule has 3 heterocycles. The predicted octanol–water partition coefficient (Wildman–Crippen LogP) is 2.36. The van der Waals surface area contributed by atoms with Gasteiger partial charge in [-0.1, -0.05) is 6.07 Å². The van der Waals surface area contributed by atoms with Crippen molar-refractivity contribution in [2.75, 3.05) is 30.9 Å². The summed E-state index contributed by atoms with van der Waals surface area (Å²) in [6, 6.07) is 7.76. The summed E-state index contributed by atoms with van der Waals surface area (Å²) in [5, 5.41) is 0. The van der Waals surface area contributed by atoms with Gasteiger partial charge in [-0.2, -0.15) is 0 Å². The van der Waals surface area contributed by atoms with Crippen LogP contribution in [0.1, 0.15) is 43.7 Å². The van der Waals surface area contributed by atoms with E-state index in [1.54, 1.807) is 18.7 Å². The molecule has 1 saturated carbocycles. The standard InChI is InChI=1S/C22H31N5O3S/c1-31(28,29)26-21-10-13-27(22-4-2-3-11-24-22)14-18(21)15-30-19-7-5-17(6-8-19)20-9-12-23-16-25-20/h2-4,9,11-12,16-19,21,26H,5-8,10,13-15H2,1H3. The van der Waals surface area contributed by atoms with E-state index in [2.05, 4.69) is 24.6 Å². The molecule has 1 aliphatic carbocycles. The topological polar surface area (TPSA) is 97.3 Å². The van der Waals surface area contributed by atoms with Gasteiger partial charge < -0.3 is 9.64 Å². The van der Waals surface area contributed by atoms with Gasteiger partial charge in [-0.15, -0.1) is 0 Å². The van der Waals surface area contributed by atoms with E-state index >= 15 is 0 Å². The lowest BCUT2D eigenvalue weighted by atomic mass is 9.85. The maximum Gasteiger partial charge on any atom is 0.208 e. The first-order valence-electron chi connectivity index (χ1n) is 11.0. The van der Waals surface area contributed by atoms with Crippen molar-refractivity contribution in [2.24, 2.45) is 5.92 Å². The van der Waals surface area contributed by atoms with Crippen LogP contribution < -0.4 is 9.62 Å². The lowest BCUT2D eigenvalue weighted by molar-refractivity contribution is -0.00232. The Bertz CT molecular complexity index is 921. The van der Waals surface area contributed by atoms with Crippen molar-refractivity contribution in [3.05, 3.63) is 48.7 Å². The number of hydrogen-bond acceptors (Lipinski definition) is 7. The second-order valence-electron chi connectivity index (χ2n) is 8.62. The van der Waals surface area contributed by atoms with Crippen molar-refractivity contribution in [2.45, 2.75) is 50.2 Å². The van der Waals surface area contributed by atoms with Gasteiger partial charge in [0.25, 0.3) is 0 Å². The minimum Gasteiger partial charge on any atom is -0.378 e. The number of nitrogens with one attached hydrogen (secondary N) is 1. The number of sulfonamides is 1. The zero-order chi connectivity index (χ0) is 21.7. The molecule has 1 N–H and O–H groups in total. The summed E-state index contributed by atoms with van der Waals surface area (Å²) < 4.78 is 32.9. The second-order valence-corrected chi connectivity index (χ2v) is 10.4. The molecule has 1 saturated heterocycles. The maximum atomic E-state index is 11.9. The van der Waals surface area contributed by atoms with Gasteiger partial charge in [0.05, 0.1) is 19.0 Å². The third-order valence-electron chi connectivity index (χ3n) is 6.32. The van der Waals surface area contributed by atoms with Crippen molar-refractivity contribution in [1.82, 2.24) is 19.7 Å². The number of ether oxygens (including phenoxy) is 1. The number of aromatic nitrogens is 3. The Morgan fingerprint density at radius 2 is 1.94 bits per heavy atom. The number of nitrogens with zero attached hydrogens (tertiary/aromatic N) is 4. The third kappa shape index (κ3) is 6.21. The summed E-state index contributed by atoms with van der Waals surface area (Å²) in [4.78, 5) is 15.1. The zero-order valence-electron chi connectivity index (χ0n) is 17.9. The van der Waals surface area contributed by atoms with Gasteiger partial charge in [0.2, 0.25) is 10.0 Å². The fourth-order valence-corrected chi connectivity index (χ4v) is 5.57. The summed E-state index contributed by atoms with van der Waals surface area (Å²) >= 11 is 0. The Kier molecular flexibility index (Phi) is 7.14. The molecule has 1 aliphatic heterocycles. The summed E-state index contributed by atoms with van der Waals surface area (Å²) in [6.07, 6.45) is 11.5. The van der Waals surface area contributed by atoms with Crippen LogP contribution in [0.2, 0.25) is 0 Å². The largest absolute Gasteiger partial charge is 0.378 e. The van der Waals surface area contributed by atoms with Gasteiger partial charge in [-0.3, -0.25) is 0 Å². The molecule has 2 aromatic heterocycles. The van der Waals surface area contributed by atoms with Gasteiger partial charge in [0.1, 0.15) is 12.1 Å². The highest BCUT2D eigenvalue weighted by Crippen LogP contribution is 2.33. The van der Waals surface area contributed by atoms with Crippen LogP contribution in [0.5, 0.6) is 0 Å². The summed E-state index contributed by atoms with van der Waals surface area (Å²) in [5.41, 5.74) is 1.11. The highest BCUT2D eigenvalue weighted by molar-refractivity contribution is 7.88. The molecule has 8 nitrogen and oxygen atoms in total. The molecule has 2 aliphatic rings. The van der Waals surface area contributed by atoms with Crippen molar-refractivity contribution in [3.63, 3.8) is 0 Å². The second kappa shape index (κ2) is 10.0. The van der Waals surface area contributed by atoms with Crippen LogP contribution >= 0.6 is 0 Å². The lowest BCUT2D eigenvalue weighted by Gasteiger charge is -2.40. The molecule has 0 aromatic carbocycles. The van der Waals surface area contributed by atoms with Gasteiger partial charge in [0.15, 0.2) is 0 Å². The fraction of sp³-hybridized carbons (Fsp3) is 0.591. The fourth-order valence-electron chi connectivity index (χ4n) is 4.71. The highest BCUT2D eigenvalue weighted by Gasteiger charge is 2.33. The quantitative estimate of drug-likeness (QED) is 0.699. The Labute approximate surface area is 184 Å². The Morgan fingerprint density at radius 3 is 2.61 bits per heavy atom. The lowest BCUT2D eigenvalue weighted by Crippen LogP contribution is -2.52. The Hall–Kier alpha value is -2.10. The van der Waals surface area contributed by atoms with Crippen molar-refractivity contribution >= 4 is 15.8 Å². The minimum absolute atomic E-state index is 0.0741. The van der Waals surface area contributed by atoms with Crippen LogP contribution in [0.3, 0.4) is 0 Å². The van der Waals surface area contributed by atoms with Crippen molar-refractivity contribution < 1.29 is 13.2 Å². The van der Waals surface area contributed by atoms with E-state index < -0.39 is 10.0 Å². The molecular formula is C22H31N5O3S. The van der Waals surface area contributed by atoms with Crippen LogP contribution in [0, 0.1) is 5.92 Å². The summed E-state index contributed by atoms with van der Waals surface area (Å²) in [5.74, 6) is 1.47. The third-order valence-corrected chi connectivity index (χ3v) is 7.05. The average molecular weight is 446 g/mol. The molecule has 2 unspecified atom stereocenters. The van der Waals surface area contributed by atoms with Crippen LogP contribution in [0.15, 0.2) is 43.0 Å². The molecule has 31 heavy (non-hydrogen) atoms. The minimum atomic E-state index is -3.27. The zero-order valence-corrected chi connectivity index (χ0v) is 18.7. The van der Waals surface area contributed by atoms with Crippen LogP contribution in [-0.2, 0) is 14.8 Å². The van der Waals surface area contributed by atoms with E-state index in [1.807, 2.05) is 24.3 Å². The van der Waals surface area contributed by atoms with Gasteiger partial charge in [0, 0.05) is 49.1 Å². The molecule has 2 fully saturated rings. The first kappa shape index (κ1) is 22.1. The van der Waals surface area contributed by atoms with E-state index in [0.717, 1.165) is 56.7 Å². The molecule has 0 spiro atoms. The van der Waals surface area contributed by atoms with E-state index in [0.29, 0.717) is 12.5 Å². The van der Waals surface area contributed by atoms with E-state index in [1.165, 1.54) is 6.26 Å². The molecule has 168 valence electrons. The molecule has 0 bridgehead atoms. The number of hydrogen-bond donors (Lipinski definition) is 1. The first-order chi connectivity index (χ1) is 15.0. The van der Waals surface area contributed by atoms with E-state index in [-0.39, 0.29) is 18.1 Å². The van der Waals surface area contributed by atoms with Crippen LogP contribution in [0.4, 0.5) is 5.82 Å². The molecule has 0 radical (unpaired) electrons. The molecule has 2 aromatic rings. The predicted molar refractivity (Wildman–Crippen MR) is 119 cm³/mol. The maximum absolute atomic E-state index is 11.9. The molecule has 9 heteroatoms.